The standard InChI is InChI=1S/C23H31N5O6S/c1-12(29)19(24)22(32)28-8-4-7-18(28)21(31)26-16(20(30)27-17(11-35)23(33)34)9-13-10-25-15-6-3-2-5-14(13)15/h2-3,5-6,10,12,16-19,25,29,35H,4,7-9,11,24H2,1H3,(H,26,31)(H,27,30)(H,33,34). The van der Waals surface area contributed by atoms with Crippen LogP contribution in [0, 0.1) is 0 Å². The van der Waals surface area contributed by atoms with Gasteiger partial charge >= 0.3 is 5.97 Å². The summed E-state index contributed by atoms with van der Waals surface area (Å²) in [5.74, 6) is -3.15. The molecule has 12 heteroatoms. The van der Waals surface area contributed by atoms with Gasteiger partial charge < -0.3 is 36.5 Å². The van der Waals surface area contributed by atoms with Gasteiger partial charge in [-0.3, -0.25) is 14.4 Å². The Bertz CT molecular complexity index is 1090. The highest BCUT2D eigenvalue weighted by molar-refractivity contribution is 7.80. The molecule has 1 aliphatic rings. The van der Waals surface area contributed by atoms with E-state index in [9.17, 15) is 29.4 Å². The number of carboxylic acid groups (broad SMARTS) is 1. The molecule has 1 aromatic heterocycles. The highest BCUT2D eigenvalue weighted by Crippen LogP contribution is 2.21. The SMILES string of the molecule is CC(O)C(N)C(=O)N1CCCC1C(=O)NC(Cc1c[nH]c2ccccc12)C(=O)NC(CS)C(=O)O. The summed E-state index contributed by atoms with van der Waals surface area (Å²) >= 11 is 3.98. The Hall–Kier alpha value is -3.09. The second kappa shape index (κ2) is 11.6. The Morgan fingerprint density at radius 1 is 1.23 bits per heavy atom. The Balaban J connectivity index is 1.82. The van der Waals surface area contributed by atoms with Crippen molar-refractivity contribution in [3.63, 3.8) is 0 Å². The highest BCUT2D eigenvalue weighted by Gasteiger charge is 2.39. The average Bonchev–Trinajstić information content (AvgIpc) is 3.48. The number of rotatable bonds is 10. The number of carbonyl (C=O) groups excluding carboxylic acids is 3. The first-order chi connectivity index (χ1) is 16.6. The summed E-state index contributed by atoms with van der Waals surface area (Å²) in [5, 5.41) is 25.0. The molecule has 0 saturated carbocycles. The van der Waals surface area contributed by atoms with Crippen molar-refractivity contribution in [2.75, 3.05) is 12.3 Å². The highest BCUT2D eigenvalue weighted by atomic mass is 32.1. The number of aliphatic carboxylic acids is 1. The van der Waals surface area contributed by atoms with E-state index in [4.69, 9.17) is 5.73 Å². The van der Waals surface area contributed by atoms with E-state index < -0.39 is 54.0 Å². The van der Waals surface area contributed by atoms with Crippen molar-refractivity contribution in [2.45, 2.75) is 56.5 Å². The van der Waals surface area contributed by atoms with Crippen LogP contribution in [0.15, 0.2) is 30.5 Å². The van der Waals surface area contributed by atoms with Crippen LogP contribution < -0.4 is 16.4 Å². The van der Waals surface area contributed by atoms with Crippen LogP contribution in [0.25, 0.3) is 10.9 Å². The molecule has 2 heterocycles. The van der Waals surface area contributed by atoms with Crippen molar-refractivity contribution in [3.05, 3.63) is 36.0 Å². The normalized spacial score (nSPS) is 19.1. The van der Waals surface area contributed by atoms with Crippen LogP contribution in [0.1, 0.15) is 25.3 Å². The number of H-pyrrole nitrogens is 1. The number of aromatic nitrogens is 1. The van der Waals surface area contributed by atoms with Crippen LogP contribution >= 0.6 is 12.6 Å². The van der Waals surface area contributed by atoms with E-state index >= 15 is 0 Å². The molecular formula is C23H31N5O6S. The fraction of sp³-hybridized carbons (Fsp3) is 0.478. The molecule has 5 atom stereocenters. The number of aliphatic hydroxyl groups excluding tert-OH is 1. The van der Waals surface area contributed by atoms with Gasteiger partial charge in [-0.25, -0.2) is 4.79 Å². The molecule has 1 saturated heterocycles. The maximum atomic E-state index is 13.2. The van der Waals surface area contributed by atoms with Crippen LogP contribution in [0.3, 0.4) is 0 Å². The van der Waals surface area contributed by atoms with Gasteiger partial charge in [0.15, 0.2) is 0 Å². The summed E-state index contributed by atoms with van der Waals surface area (Å²) in [7, 11) is 0. The minimum atomic E-state index is -1.25. The second-order valence-electron chi connectivity index (χ2n) is 8.66. The largest absolute Gasteiger partial charge is 0.480 e. The lowest BCUT2D eigenvalue weighted by Gasteiger charge is -2.29. The Morgan fingerprint density at radius 3 is 2.60 bits per heavy atom. The summed E-state index contributed by atoms with van der Waals surface area (Å²) in [6.07, 6.45) is 1.68. The average molecular weight is 506 g/mol. The van der Waals surface area contributed by atoms with E-state index in [0.717, 1.165) is 16.5 Å². The smallest absolute Gasteiger partial charge is 0.327 e. The molecule has 11 nitrogen and oxygen atoms in total. The number of fused-ring (bicyclic) bond motifs is 1. The summed E-state index contributed by atoms with van der Waals surface area (Å²) < 4.78 is 0. The second-order valence-corrected chi connectivity index (χ2v) is 9.03. The number of carbonyl (C=O) groups is 4. The summed E-state index contributed by atoms with van der Waals surface area (Å²) in [4.78, 5) is 54.8. The number of nitrogens with zero attached hydrogens (tertiary/aromatic N) is 1. The van der Waals surface area contributed by atoms with Crippen LogP contribution in [0.2, 0.25) is 0 Å². The number of amides is 3. The van der Waals surface area contributed by atoms with Crippen molar-refractivity contribution in [1.82, 2.24) is 20.5 Å². The molecule has 2 aromatic rings. The first kappa shape index (κ1) is 26.5. The fourth-order valence-electron chi connectivity index (χ4n) is 4.16. The molecule has 7 N–H and O–H groups in total. The lowest BCUT2D eigenvalue weighted by molar-refractivity contribution is -0.143. The van der Waals surface area contributed by atoms with E-state index in [1.54, 1.807) is 6.20 Å². The zero-order valence-electron chi connectivity index (χ0n) is 19.3. The van der Waals surface area contributed by atoms with E-state index in [2.05, 4.69) is 28.2 Å². The lowest BCUT2D eigenvalue weighted by Crippen LogP contribution is -2.58. The zero-order valence-corrected chi connectivity index (χ0v) is 20.2. The third-order valence-electron chi connectivity index (χ3n) is 6.17. The van der Waals surface area contributed by atoms with Crippen molar-refractivity contribution in [3.8, 4) is 0 Å². The molecule has 0 spiro atoms. The van der Waals surface area contributed by atoms with E-state index in [1.165, 1.54) is 11.8 Å². The van der Waals surface area contributed by atoms with Crippen LogP contribution in [0.5, 0.6) is 0 Å². The number of nitrogens with two attached hydrogens (primary N) is 1. The molecule has 190 valence electrons. The van der Waals surface area contributed by atoms with Crippen molar-refractivity contribution >= 4 is 47.2 Å². The number of likely N-dealkylation sites (tertiary alicyclic amines) is 1. The molecule has 3 rings (SSSR count). The van der Waals surface area contributed by atoms with Gasteiger partial charge in [-0.2, -0.15) is 12.6 Å². The first-order valence-electron chi connectivity index (χ1n) is 11.4. The number of hydrogen-bond acceptors (Lipinski definition) is 7. The van der Waals surface area contributed by atoms with Gasteiger partial charge in [-0.05, 0) is 31.4 Å². The van der Waals surface area contributed by atoms with Gasteiger partial charge in [0.25, 0.3) is 0 Å². The Morgan fingerprint density at radius 2 is 1.94 bits per heavy atom. The monoisotopic (exact) mass is 505 g/mol. The quantitative estimate of drug-likeness (QED) is 0.211. The van der Waals surface area contributed by atoms with Gasteiger partial charge in [0.05, 0.1) is 6.10 Å². The zero-order chi connectivity index (χ0) is 25.7. The molecule has 5 unspecified atom stereocenters. The van der Waals surface area contributed by atoms with Gasteiger partial charge in [-0.1, -0.05) is 18.2 Å². The van der Waals surface area contributed by atoms with Gasteiger partial charge in [-0.15, -0.1) is 0 Å². The molecule has 0 radical (unpaired) electrons. The molecular weight excluding hydrogens is 474 g/mol. The molecule has 3 amide bonds. The summed E-state index contributed by atoms with van der Waals surface area (Å²) in [6, 6.07) is 3.10. The fourth-order valence-corrected chi connectivity index (χ4v) is 4.40. The summed E-state index contributed by atoms with van der Waals surface area (Å²) in [6.45, 7) is 1.70. The van der Waals surface area contributed by atoms with Crippen LogP contribution in [-0.2, 0) is 25.6 Å². The maximum absolute atomic E-state index is 13.2. The van der Waals surface area contributed by atoms with E-state index in [-0.39, 0.29) is 12.2 Å². The van der Waals surface area contributed by atoms with Crippen molar-refractivity contribution in [2.24, 2.45) is 5.73 Å². The predicted octanol–water partition coefficient (Wildman–Crippen LogP) is -0.606. The van der Waals surface area contributed by atoms with E-state index in [0.29, 0.717) is 19.4 Å². The van der Waals surface area contributed by atoms with Crippen LogP contribution in [0.4, 0.5) is 0 Å². The van der Waals surface area contributed by atoms with Crippen molar-refractivity contribution < 1.29 is 29.4 Å². The molecule has 35 heavy (non-hydrogen) atoms. The van der Waals surface area contributed by atoms with E-state index in [1.807, 2.05) is 24.3 Å². The molecule has 0 bridgehead atoms. The maximum Gasteiger partial charge on any atom is 0.327 e. The number of aromatic amines is 1. The topological polar surface area (TPSA) is 178 Å². The summed E-state index contributed by atoms with van der Waals surface area (Å²) in [5.41, 5.74) is 7.40. The Labute approximate surface area is 207 Å². The lowest BCUT2D eigenvalue weighted by atomic mass is 10.0. The number of nitrogens with one attached hydrogen (secondary N) is 3. The molecule has 0 aliphatic carbocycles. The number of carboxylic acids is 1. The van der Waals surface area contributed by atoms with Gasteiger partial charge in [0.1, 0.15) is 24.2 Å². The Kier molecular flexibility index (Phi) is 8.76. The minimum absolute atomic E-state index is 0.0916. The van der Waals surface area contributed by atoms with Crippen molar-refractivity contribution in [1.29, 1.82) is 0 Å². The molecule has 1 aliphatic heterocycles. The van der Waals surface area contributed by atoms with Crippen LogP contribution in [-0.4, -0.2) is 86.4 Å². The first-order valence-corrected chi connectivity index (χ1v) is 12.0. The van der Waals surface area contributed by atoms with Gasteiger partial charge in [0, 0.05) is 35.8 Å². The number of para-hydroxylation sites is 1. The van der Waals surface area contributed by atoms with Gasteiger partial charge in [0.2, 0.25) is 17.7 Å². The predicted molar refractivity (Wildman–Crippen MR) is 132 cm³/mol. The third-order valence-corrected chi connectivity index (χ3v) is 6.54. The third kappa shape index (κ3) is 6.13. The minimum Gasteiger partial charge on any atom is -0.480 e. The molecule has 1 aromatic carbocycles. The number of aliphatic hydroxyl groups is 1. The number of thiol groups is 1. The molecule has 1 fully saturated rings. The number of hydrogen-bond donors (Lipinski definition) is 7. The number of benzene rings is 1.